The van der Waals surface area contributed by atoms with Crippen LogP contribution >= 0.6 is 11.6 Å². The number of carbonyl (C=O) groups is 1. The number of hydrogen-bond acceptors (Lipinski definition) is 3. The molecule has 1 aromatic heterocycles. The fraction of sp³-hybridized carbons (Fsp3) is 0.385. The minimum atomic E-state index is -0.0468. The largest absolute Gasteiger partial charge is 0.494 e. The maximum Gasteiger partial charge on any atom is 0.216 e. The lowest BCUT2D eigenvalue weighted by atomic mass is 10.3. The number of alkyl halides is 1. The summed E-state index contributed by atoms with van der Waals surface area (Å²) in [6.45, 7) is 2.67. The summed E-state index contributed by atoms with van der Waals surface area (Å²) in [6.07, 6.45) is 0. The van der Waals surface area contributed by atoms with Crippen molar-refractivity contribution in [2.75, 3.05) is 13.7 Å². The van der Waals surface area contributed by atoms with Gasteiger partial charge >= 0.3 is 0 Å². The van der Waals surface area contributed by atoms with Gasteiger partial charge in [-0.15, -0.1) is 11.6 Å². The van der Waals surface area contributed by atoms with Crippen molar-refractivity contribution in [3.05, 3.63) is 24.0 Å². The number of aromatic nitrogens is 2. The van der Waals surface area contributed by atoms with Gasteiger partial charge in [0.25, 0.3) is 0 Å². The average molecular weight is 282 g/mol. The molecule has 0 radical (unpaired) electrons. The first kappa shape index (κ1) is 13.7. The van der Waals surface area contributed by atoms with Crippen LogP contribution in [0.15, 0.2) is 18.2 Å². The third kappa shape index (κ3) is 2.81. The highest BCUT2D eigenvalue weighted by molar-refractivity contribution is 6.16. The molecule has 0 aliphatic rings. The molecule has 1 amide bonds. The fourth-order valence-electron chi connectivity index (χ4n) is 2.03. The third-order valence-electron chi connectivity index (χ3n) is 2.87. The van der Waals surface area contributed by atoms with Gasteiger partial charge in [-0.3, -0.25) is 4.79 Å². The smallest absolute Gasteiger partial charge is 0.216 e. The topological polar surface area (TPSA) is 56.1 Å². The molecule has 0 saturated heterocycles. The van der Waals surface area contributed by atoms with E-state index >= 15 is 0 Å². The predicted octanol–water partition coefficient (Wildman–Crippen LogP) is 1.92. The minimum absolute atomic E-state index is 0.0468. The van der Waals surface area contributed by atoms with Gasteiger partial charge in [-0.25, -0.2) is 4.98 Å². The number of nitrogens with one attached hydrogen (secondary N) is 1. The standard InChI is InChI=1S/C13H16ClN3O2/c1-9(18)15-6-7-17-10-4-3-5-11(19-2)13(10)16-12(17)8-14/h3-5H,6-8H2,1-2H3,(H,15,18). The number of hydrogen-bond donors (Lipinski definition) is 1. The molecular formula is C13H16ClN3O2. The highest BCUT2D eigenvalue weighted by atomic mass is 35.5. The van der Waals surface area contributed by atoms with Crippen LogP contribution < -0.4 is 10.1 Å². The van der Waals surface area contributed by atoms with Crippen molar-refractivity contribution in [1.82, 2.24) is 14.9 Å². The number of halogens is 1. The summed E-state index contributed by atoms with van der Waals surface area (Å²) in [5.41, 5.74) is 1.75. The molecule has 0 spiro atoms. The molecule has 5 nitrogen and oxygen atoms in total. The maximum absolute atomic E-state index is 10.9. The lowest BCUT2D eigenvalue weighted by Gasteiger charge is -2.08. The molecule has 1 heterocycles. The van der Waals surface area contributed by atoms with Gasteiger partial charge in [0.15, 0.2) is 0 Å². The summed E-state index contributed by atoms with van der Waals surface area (Å²) in [4.78, 5) is 15.4. The van der Waals surface area contributed by atoms with Crippen LogP contribution in [0.3, 0.4) is 0 Å². The van der Waals surface area contributed by atoms with E-state index in [9.17, 15) is 4.79 Å². The quantitative estimate of drug-likeness (QED) is 0.852. The summed E-state index contributed by atoms with van der Waals surface area (Å²) in [7, 11) is 1.62. The zero-order chi connectivity index (χ0) is 13.8. The van der Waals surface area contributed by atoms with E-state index in [4.69, 9.17) is 16.3 Å². The fourth-order valence-corrected chi connectivity index (χ4v) is 2.23. The van der Waals surface area contributed by atoms with Crippen LogP contribution in [0.4, 0.5) is 0 Å². The summed E-state index contributed by atoms with van der Waals surface area (Å²) in [5.74, 6) is 1.76. The predicted molar refractivity (Wildman–Crippen MR) is 74.5 cm³/mol. The Balaban J connectivity index is 2.37. The first-order valence-corrected chi connectivity index (χ1v) is 6.53. The van der Waals surface area contributed by atoms with E-state index in [1.807, 2.05) is 22.8 Å². The van der Waals surface area contributed by atoms with Crippen LogP contribution in [0.25, 0.3) is 11.0 Å². The summed E-state index contributed by atoms with van der Waals surface area (Å²) < 4.78 is 7.30. The lowest BCUT2D eigenvalue weighted by Crippen LogP contribution is -2.24. The van der Waals surface area contributed by atoms with Crippen molar-refractivity contribution < 1.29 is 9.53 Å². The van der Waals surface area contributed by atoms with Gasteiger partial charge in [0.2, 0.25) is 5.91 Å². The Kier molecular flexibility index (Phi) is 4.27. The second-order valence-electron chi connectivity index (χ2n) is 4.12. The Labute approximate surface area is 116 Å². The zero-order valence-corrected chi connectivity index (χ0v) is 11.7. The maximum atomic E-state index is 10.9. The molecule has 0 atom stereocenters. The molecule has 0 fully saturated rings. The van der Waals surface area contributed by atoms with Gasteiger partial charge in [0, 0.05) is 20.0 Å². The van der Waals surface area contributed by atoms with Crippen molar-refractivity contribution in [2.45, 2.75) is 19.3 Å². The van der Waals surface area contributed by atoms with Crippen LogP contribution in [-0.2, 0) is 17.2 Å². The van der Waals surface area contributed by atoms with Crippen molar-refractivity contribution in [2.24, 2.45) is 0 Å². The number of carbonyl (C=O) groups excluding carboxylic acids is 1. The van der Waals surface area contributed by atoms with Crippen molar-refractivity contribution in [3.63, 3.8) is 0 Å². The first-order chi connectivity index (χ1) is 9.17. The van der Waals surface area contributed by atoms with Gasteiger partial charge in [-0.2, -0.15) is 0 Å². The highest BCUT2D eigenvalue weighted by Gasteiger charge is 2.13. The van der Waals surface area contributed by atoms with Gasteiger partial charge in [-0.1, -0.05) is 6.07 Å². The molecule has 1 N–H and O–H groups in total. The summed E-state index contributed by atoms with van der Waals surface area (Å²) >= 11 is 5.93. The number of rotatable bonds is 5. The number of imidazole rings is 1. The first-order valence-electron chi connectivity index (χ1n) is 6.00. The number of para-hydroxylation sites is 1. The van der Waals surface area contributed by atoms with Gasteiger partial charge in [0.05, 0.1) is 18.5 Å². The molecule has 2 rings (SSSR count). The van der Waals surface area contributed by atoms with Gasteiger partial charge < -0.3 is 14.6 Å². The zero-order valence-electron chi connectivity index (χ0n) is 10.9. The molecule has 0 aliphatic carbocycles. The van der Waals surface area contributed by atoms with E-state index < -0.39 is 0 Å². The average Bonchev–Trinajstić information content (AvgIpc) is 2.76. The van der Waals surface area contributed by atoms with Crippen LogP contribution in [-0.4, -0.2) is 29.1 Å². The Morgan fingerprint density at radius 1 is 1.53 bits per heavy atom. The third-order valence-corrected chi connectivity index (χ3v) is 3.11. The summed E-state index contributed by atoms with van der Waals surface area (Å²) in [6, 6.07) is 5.75. The second kappa shape index (κ2) is 5.93. The second-order valence-corrected chi connectivity index (χ2v) is 4.39. The van der Waals surface area contributed by atoms with E-state index in [0.29, 0.717) is 19.0 Å². The number of methoxy groups -OCH3 is 1. The van der Waals surface area contributed by atoms with Crippen LogP contribution in [0.2, 0.25) is 0 Å². The summed E-state index contributed by atoms with van der Waals surface area (Å²) in [5, 5.41) is 2.77. The van der Waals surface area contributed by atoms with E-state index in [-0.39, 0.29) is 5.91 Å². The van der Waals surface area contributed by atoms with Crippen molar-refractivity contribution >= 4 is 28.5 Å². The Morgan fingerprint density at radius 2 is 2.32 bits per heavy atom. The molecule has 2 aromatic rings. The van der Waals surface area contributed by atoms with Gasteiger partial charge in [-0.05, 0) is 12.1 Å². The molecule has 0 saturated carbocycles. The molecule has 19 heavy (non-hydrogen) atoms. The molecule has 102 valence electrons. The molecule has 1 aromatic carbocycles. The minimum Gasteiger partial charge on any atom is -0.494 e. The van der Waals surface area contributed by atoms with E-state index in [2.05, 4.69) is 10.3 Å². The molecule has 0 unspecified atom stereocenters. The molecule has 0 bridgehead atoms. The van der Waals surface area contributed by atoms with E-state index in [1.54, 1.807) is 7.11 Å². The number of nitrogens with zero attached hydrogens (tertiary/aromatic N) is 2. The van der Waals surface area contributed by atoms with Gasteiger partial charge in [0.1, 0.15) is 17.1 Å². The van der Waals surface area contributed by atoms with Crippen molar-refractivity contribution in [1.29, 1.82) is 0 Å². The van der Waals surface area contributed by atoms with Crippen molar-refractivity contribution in [3.8, 4) is 5.75 Å². The monoisotopic (exact) mass is 281 g/mol. The van der Waals surface area contributed by atoms with Crippen LogP contribution in [0.5, 0.6) is 5.75 Å². The molecule has 0 aliphatic heterocycles. The SMILES string of the molecule is COc1cccc2c1nc(CCl)n2CCNC(C)=O. The molecule has 6 heteroatoms. The van der Waals surface area contributed by atoms with Crippen LogP contribution in [0, 0.1) is 0 Å². The normalized spacial score (nSPS) is 10.7. The van der Waals surface area contributed by atoms with E-state index in [0.717, 1.165) is 22.6 Å². The van der Waals surface area contributed by atoms with E-state index in [1.165, 1.54) is 6.92 Å². The number of amides is 1. The number of fused-ring (bicyclic) bond motifs is 1. The number of benzene rings is 1. The molecular weight excluding hydrogens is 266 g/mol. The Morgan fingerprint density at radius 3 is 2.95 bits per heavy atom. The Bertz CT molecular complexity index is 595. The number of ether oxygens (including phenoxy) is 1. The Hall–Kier alpha value is -1.75. The van der Waals surface area contributed by atoms with Crippen LogP contribution in [0.1, 0.15) is 12.7 Å². The lowest BCUT2D eigenvalue weighted by molar-refractivity contribution is -0.118. The highest BCUT2D eigenvalue weighted by Crippen LogP contribution is 2.26.